The molecule has 0 unspecified atom stereocenters. The highest BCUT2D eigenvalue weighted by Crippen LogP contribution is 2.56. The summed E-state index contributed by atoms with van der Waals surface area (Å²) in [7, 11) is 0. The van der Waals surface area contributed by atoms with Crippen LogP contribution in [0.5, 0.6) is 0 Å². The van der Waals surface area contributed by atoms with Crippen LogP contribution in [-0.2, 0) is 0 Å². The van der Waals surface area contributed by atoms with Gasteiger partial charge in [0.1, 0.15) is 0 Å². The normalized spacial score (nSPS) is 35.9. The molecule has 0 amide bonds. The molecule has 0 heterocycles. The molecular weight excluding hydrogens is 168 g/mol. The van der Waals surface area contributed by atoms with Gasteiger partial charge >= 0.3 is 0 Å². The third-order valence-corrected chi connectivity index (χ3v) is 4.38. The summed E-state index contributed by atoms with van der Waals surface area (Å²) in [5.41, 5.74) is 0.818. The molecule has 0 saturated heterocycles. The zero-order valence-corrected chi connectivity index (χ0v) is 9.30. The van der Waals surface area contributed by atoms with Crippen molar-refractivity contribution in [2.24, 2.45) is 11.3 Å². The van der Waals surface area contributed by atoms with E-state index in [1.165, 1.54) is 25.7 Å². The molecule has 2 saturated carbocycles. The molecule has 0 N–H and O–H groups in total. The highest BCUT2D eigenvalue weighted by atomic mass is 14.5. The molecule has 0 nitrogen and oxygen atoms in total. The van der Waals surface area contributed by atoms with Crippen molar-refractivity contribution >= 4 is 0 Å². The van der Waals surface area contributed by atoms with Crippen LogP contribution in [0.15, 0.2) is 12.2 Å². The number of rotatable bonds is 5. The number of unbranched alkanes of at least 4 members (excludes halogenated alkanes) is 2. The molecule has 0 aromatic carbocycles. The fraction of sp³-hybridized carbons (Fsp3) is 0.786. The van der Waals surface area contributed by atoms with Crippen LogP contribution in [0.2, 0.25) is 0 Å². The Hall–Kier alpha value is -0.260. The minimum Gasteiger partial charge on any atom is -0.0885 e. The molecule has 2 rings (SSSR count). The molecular formula is C14H23. The second-order valence-electron chi connectivity index (χ2n) is 5.36. The van der Waals surface area contributed by atoms with Crippen molar-refractivity contribution in [2.75, 3.05) is 0 Å². The van der Waals surface area contributed by atoms with Crippen molar-refractivity contribution < 1.29 is 0 Å². The monoisotopic (exact) mass is 191 g/mol. The Bertz CT molecular complexity index is 194. The second-order valence-corrected chi connectivity index (χ2v) is 5.36. The molecule has 0 atom stereocenters. The van der Waals surface area contributed by atoms with Gasteiger partial charge in [0, 0.05) is 0 Å². The van der Waals surface area contributed by atoms with E-state index in [0.717, 1.165) is 11.3 Å². The van der Waals surface area contributed by atoms with Crippen LogP contribution < -0.4 is 0 Å². The molecule has 0 aromatic heterocycles. The van der Waals surface area contributed by atoms with Gasteiger partial charge in [-0.2, -0.15) is 0 Å². The molecule has 1 radical (unpaired) electrons. The Morgan fingerprint density at radius 2 is 2.00 bits per heavy atom. The van der Waals surface area contributed by atoms with Gasteiger partial charge in [-0.25, -0.2) is 0 Å². The molecule has 0 aromatic rings. The largest absolute Gasteiger partial charge is 0.0885 e. The van der Waals surface area contributed by atoms with E-state index in [0.29, 0.717) is 0 Å². The lowest BCUT2D eigenvalue weighted by atomic mass is 9.80. The first-order valence-corrected chi connectivity index (χ1v) is 6.29. The molecule has 2 bridgehead atoms. The number of hydrogen-bond acceptors (Lipinski definition) is 0. The van der Waals surface area contributed by atoms with Crippen LogP contribution in [0, 0.1) is 18.3 Å². The molecule has 2 aliphatic carbocycles. The first kappa shape index (κ1) is 10.3. The SMILES string of the molecule is [CH2]C=CCCCCC12CCC(CC1)C2. The van der Waals surface area contributed by atoms with Crippen LogP contribution >= 0.6 is 0 Å². The highest BCUT2D eigenvalue weighted by Gasteiger charge is 2.43. The Balaban J connectivity index is 1.65. The van der Waals surface area contributed by atoms with Crippen LogP contribution in [0.4, 0.5) is 0 Å². The van der Waals surface area contributed by atoms with Crippen molar-refractivity contribution in [3.05, 3.63) is 19.1 Å². The summed E-state index contributed by atoms with van der Waals surface area (Å²) in [6.07, 6.45) is 17.4. The minimum atomic E-state index is 0.818. The van der Waals surface area contributed by atoms with Gasteiger partial charge < -0.3 is 0 Å². The Morgan fingerprint density at radius 3 is 2.57 bits per heavy atom. The first-order valence-electron chi connectivity index (χ1n) is 6.29. The average Bonchev–Trinajstić information content (AvgIpc) is 2.77. The molecule has 0 aliphatic heterocycles. The molecule has 14 heavy (non-hydrogen) atoms. The van der Waals surface area contributed by atoms with E-state index in [1.54, 1.807) is 32.1 Å². The summed E-state index contributed by atoms with van der Waals surface area (Å²) < 4.78 is 0. The van der Waals surface area contributed by atoms with Crippen molar-refractivity contribution in [1.82, 2.24) is 0 Å². The third kappa shape index (κ3) is 2.21. The smallest absolute Gasteiger partial charge is 0.0295 e. The molecule has 2 fully saturated rings. The Labute approximate surface area is 88.8 Å². The predicted molar refractivity (Wildman–Crippen MR) is 62.0 cm³/mol. The zero-order valence-electron chi connectivity index (χ0n) is 9.30. The lowest BCUT2D eigenvalue weighted by Gasteiger charge is -2.26. The standard InChI is InChI=1S/C14H23/c1-2-3-4-5-6-9-14-10-7-13(12-14)8-11-14/h2-3,13H,1,4-12H2. The summed E-state index contributed by atoms with van der Waals surface area (Å²) in [4.78, 5) is 0. The lowest BCUT2D eigenvalue weighted by Crippen LogP contribution is -2.13. The van der Waals surface area contributed by atoms with E-state index in [4.69, 9.17) is 0 Å². The van der Waals surface area contributed by atoms with Crippen LogP contribution in [0.1, 0.15) is 57.8 Å². The molecule has 79 valence electrons. The molecule has 0 spiro atoms. The summed E-state index contributed by atoms with van der Waals surface area (Å²) >= 11 is 0. The minimum absolute atomic E-state index is 0.818. The highest BCUT2D eigenvalue weighted by molar-refractivity contribution is 4.95. The number of allylic oxidation sites excluding steroid dienone is 2. The van der Waals surface area contributed by atoms with E-state index in [9.17, 15) is 0 Å². The number of fused-ring (bicyclic) bond motifs is 2. The Morgan fingerprint density at radius 1 is 1.21 bits per heavy atom. The lowest BCUT2D eigenvalue weighted by molar-refractivity contribution is 0.262. The first-order chi connectivity index (χ1) is 6.85. The Kier molecular flexibility index (Phi) is 3.30. The second kappa shape index (κ2) is 4.51. The van der Waals surface area contributed by atoms with Gasteiger partial charge in [0.2, 0.25) is 0 Å². The summed E-state index contributed by atoms with van der Waals surface area (Å²) in [6, 6.07) is 0. The summed E-state index contributed by atoms with van der Waals surface area (Å²) in [5, 5.41) is 0. The van der Waals surface area contributed by atoms with Gasteiger partial charge in [-0.15, -0.1) is 0 Å². The van der Waals surface area contributed by atoms with Crippen molar-refractivity contribution in [3.8, 4) is 0 Å². The van der Waals surface area contributed by atoms with Gasteiger partial charge in [-0.3, -0.25) is 0 Å². The van der Waals surface area contributed by atoms with Gasteiger partial charge in [0.25, 0.3) is 0 Å². The fourth-order valence-corrected chi connectivity index (χ4v) is 3.54. The third-order valence-electron chi connectivity index (χ3n) is 4.38. The van der Waals surface area contributed by atoms with E-state index in [1.807, 2.05) is 6.08 Å². The molecule has 2 aliphatic rings. The predicted octanol–water partition coefficient (Wildman–Crippen LogP) is 4.52. The quantitative estimate of drug-likeness (QED) is 0.561. The maximum Gasteiger partial charge on any atom is -0.0295 e. The van der Waals surface area contributed by atoms with Gasteiger partial charge in [0.05, 0.1) is 0 Å². The van der Waals surface area contributed by atoms with E-state index < -0.39 is 0 Å². The van der Waals surface area contributed by atoms with Crippen LogP contribution in [-0.4, -0.2) is 0 Å². The van der Waals surface area contributed by atoms with Crippen LogP contribution in [0.25, 0.3) is 0 Å². The zero-order chi connectivity index (χ0) is 9.86. The van der Waals surface area contributed by atoms with Crippen molar-refractivity contribution in [1.29, 1.82) is 0 Å². The van der Waals surface area contributed by atoms with Gasteiger partial charge in [-0.05, 0) is 69.6 Å². The van der Waals surface area contributed by atoms with Crippen molar-refractivity contribution in [2.45, 2.75) is 57.8 Å². The number of hydrogen-bond donors (Lipinski definition) is 0. The summed E-state index contributed by atoms with van der Waals surface area (Å²) in [6.45, 7) is 3.72. The summed E-state index contributed by atoms with van der Waals surface area (Å²) in [5.74, 6) is 1.12. The fourth-order valence-electron chi connectivity index (χ4n) is 3.54. The van der Waals surface area contributed by atoms with Gasteiger partial charge in [-0.1, -0.05) is 18.6 Å². The van der Waals surface area contributed by atoms with Gasteiger partial charge in [0.15, 0.2) is 0 Å². The topological polar surface area (TPSA) is 0 Å². The maximum atomic E-state index is 3.72. The van der Waals surface area contributed by atoms with E-state index in [-0.39, 0.29) is 0 Å². The van der Waals surface area contributed by atoms with E-state index in [2.05, 4.69) is 13.0 Å². The van der Waals surface area contributed by atoms with Crippen LogP contribution in [0.3, 0.4) is 0 Å². The van der Waals surface area contributed by atoms with E-state index >= 15 is 0 Å². The molecule has 0 heteroatoms. The van der Waals surface area contributed by atoms with Crippen molar-refractivity contribution in [3.63, 3.8) is 0 Å². The average molecular weight is 191 g/mol. The maximum absolute atomic E-state index is 3.72.